The molecule has 1 aromatic carbocycles. The largest absolute Gasteiger partial charge is 0.481 e. The number of fused-ring (bicyclic) bond motifs is 1. The smallest absolute Gasteiger partial charge is 0.346 e. The summed E-state index contributed by atoms with van der Waals surface area (Å²) in [5.41, 5.74) is 7.67. The first-order valence-corrected chi connectivity index (χ1v) is 4.95. The first-order valence-electron chi connectivity index (χ1n) is 4.95. The zero-order valence-electron chi connectivity index (χ0n) is 9.03. The number of carbonyl (C=O) groups is 1. The van der Waals surface area contributed by atoms with Crippen molar-refractivity contribution in [2.75, 3.05) is 0 Å². The normalized spacial score (nSPS) is 10.0. The van der Waals surface area contributed by atoms with Gasteiger partial charge in [0.1, 0.15) is 11.3 Å². The van der Waals surface area contributed by atoms with Crippen LogP contribution in [0.1, 0.15) is 5.56 Å². The number of hydrogen-bond donors (Lipinski definition) is 1. The van der Waals surface area contributed by atoms with Crippen molar-refractivity contribution in [3.8, 4) is 0 Å². The summed E-state index contributed by atoms with van der Waals surface area (Å²) in [6.07, 6.45) is -0.416. The maximum absolute atomic E-state index is 11.6. The fourth-order valence-corrected chi connectivity index (χ4v) is 1.68. The summed E-state index contributed by atoms with van der Waals surface area (Å²) in [5, 5.41) is 12.5. The maximum Gasteiger partial charge on any atom is 0.346 e. The van der Waals surface area contributed by atoms with Gasteiger partial charge in [-0.2, -0.15) is 0 Å². The minimum absolute atomic E-state index is 0.159. The molecular formula is C11H7N3O4. The minimum Gasteiger partial charge on any atom is -0.481 e. The van der Waals surface area contributed by atoms with Crippen LogP contribution >= 0.6 is 0 Å². The van der Waals surface area contributed by atoms with Gasteiger partial charge in [0.05, 0.1) is 6.42 Å². The fourth-order valence-electron chi connectivity index (χ4n) is 1.68. The predicted molar refractivity (Wildman–Crippen MR) is 62.6 cm³/mol. The molecule has 0 atom stereocenters. The van der Waals surface area contributed by atoms with Gasteiger partial charge >= 0.3 is 11.6 Å². The number of aliphatic carboxylic acids is 1. The number of nitrogens with zero attached hydrogens (tertiary/aromatic N) is 3. The number of carboxylic acid groups (broad SMARTS) is 1. The average Bonchev–Trinajstić information content (AvgIpc) is 2.33. The molecule has 0 aliphatic carbocycles. The first kappa shape index (κ1) is 11.7. The SMILES string of the molecule is [N-]=[N+]=Nc1c(CC(=O)O)c2ccccc2oc1=O. The highest BCUT2D eigenvalue weighted by Gasteiger charge is 2.15. The molecule has 0 radical (unpaired) electrons. The van der Waals surface area contributed by atoms with Crippen LogP contribution in [0, 0.1) is 0 Å². The summed E-state index contributed by atoms with van der Waals surface area (Å²) < 4.78 is 4.95. The second-order valence-corrected chi connectivity index (χ2v) is 3.47. The highest BCUT2D eigenvalue weighted by Crippen LogP contribution is 2.25. The van der Waals surface area contributed by atoms with Crippen molar-refractivity contribution in [2.24, 2.45) is 5.11 Å². The second kappa shape index (κ2) is 4.60. The van der Waals surface area contributed by atoms with E-state index in [9.17, 15) is 9.59 Å². The van der Waals surface area contributed by atoms with E-state index in [1.54, 1.807) is 24.3 Å². The van der Waals surface area contributed by atoms with Gasteiger partial charge in [0.15, 0.2) is 0 Å². The number of hydrogen-bond acceptors (Lipinski definition) is 4. The Bertz CT molecular complexity index is 729. The second-order valence-electron chi connectivity index (χ2n) is 3.47. The molecule has 1 aromatic heterocycles. The van der Waals surface area contributed by atoms with Crippen LogP contribution in [0.5, 0.6) is 0 Å². The van der Waals surface area contributed by atoms with Crippen LogP contribution in [0.4, 0.5) is 5.69 Å². The molecule has 0 aliphatic heterocycles. The van der Waals surface area contributed by atoms with Crippen molar-refractivity contribution >= 4 is 22.6 Å². The summed E-state index contributed by atoms with van der Waals surface area (Å²) in [5.74, 6) is -1.12. The molecule has 1 N–H and O–H groups in total. The Morgan fingerprint density at radius 2 is 2.17 bits per heavy atom. The van der Waals surface area contributed by atoms with Crippen LogP contribution in [0.3, 0.4) is 0 Å². The van der Waals surface area contributed by atoms with Gasteiger partial charge in [-0.3, -0.25) is 4.79 Å². The lowest BCUT2D eigenvalue weighted by Gasteiger charge is -2.05. The van der Waals surface area contributed by atoms with E-state index in [-0.39, 0.29) is 16.8 Å². The molecule has 0 spiro atoms. The van der Waals surface area contributed by atoms with E-state index < -0.39 is 18.0 Å². The topological polar surface area (TPSA) is 116 Å². The number of para-hydroxylation sites is 1. The van der Waals surface area contributed by atoms with E-state index in [1.165, 1.54) is 0 Å². The Labute approximate surface area is 99.9 Å². The van der Waals surface area contributed by atoms with Crippen LogP contribution in [0.25, 0.3) is 21.4 Å². The molecule has 18 heavy (non-hydrogen) atoms. The Kier molecular flexibility index (Phi) is 2.99. The highest BCUT2D eigenvalue weighted by atomic mass is 16.4. The van der Waals surface area contributed by atoms with Gasteiger partial charge in [0.2, 0.25) is 0 Å². The molecule has 90 valence electrons. The maximum atomic E-state index is 11.6. The molecule has 0 aliphatic rings. The van der Waals surface area contributed by atoms with Crippen LogP contribution in [-0.2, 0) is 11.2 Å². The van der Waals surface area contributed by atoms with Gasteiger partial charge in [-0.15, -0.1) is 0 Å². The van der Waals surface area contributed by atoms with E-state index in [0.717, 1.165) is 0 Å². The van der Waals surface area contributed by atoms with Crippen LogP contribution in [0.15, 0.2) is 38.6 Å². The van der Waals surface area contributed by atoms with Crippen LogP contribution < -0.4 is 5.63 Å². The van der Waals surface area contributed by atoms with Crippen molar-refractivity contribution in [3.05, 3.63) is 50.7 Å². The van der Waals surface area contributed by atoms with Gasteiger partial charge in [-0.1, -0.05) is 23.3 Å². The summed E-state index contributed by atoms with van der Waals surface area (Å²) in [7, 11) is 0. The molecule has 2 rings (SSSR count). The molecule has 0 unspecified atom stereocenters. The van der Waals surface area contributed by atoms with Gasteiger partial charge in [0, 0.05) is 10.3 Å². The molecule has 0 saturated carbocycles. The van der Waals surface area contributed by atoms with E-state index in [2.05, 4.69) is 10.0 Å². The Hall–Kier alpha value is -2.79. The van der Waals surface area contributed by atoms with E-state index in [4.69, 9.17) is 15.1 Å². The lowest BCUT2D eigenvalue weighted by atomic mass is 10.1. The molecule has 0 fully saturated rings. The first-order chi connectivity index (χ1) is 8.63. The van der Waals surface area contributed by atoms with Crippen molar-refractivity contribution < 1.29 is 14.3 Å². The van der Waals surface area contributed by atoms with Gasteiger partial charge in [-0.05, 0) is 17.2 Å². The van der Waals surface area contributed by atoms with Crippen molar-refractivity contribution in [3.63, 3.8) is 0 Å². The fraction of sp³-hybridized carbons (Fsp3) is 0.0909. The third-order valence-electron chi connectivity index (χ3n) is 2.37. The summed E-state index contributed by atoms with van der Waals surface area (Å²) in [6.45, 7) is 0. The third-order valence-corrected chi connectivity index (χ3v) is 2.37. The average molecular weight is 245 g/mol. The lowest BCUT2D eigenvalue weighted by molar-refractivity contribution is -0.136. The number of azide groups is 1. The summed E-state index contributed by atoms with van der Waals surface area (Å²) >= 11 is 0. The van der Waals surface area contributed by atoms with Gasteiger partial charge in [-0.25, -0.2) is 4.79 Å². The molecule has 2 aromatic rings. The molecule has 0 bridgehead atoms. The Balaban J connectivity index is 2.88. The van der Waals surface area contributed by atoms with E-state index in [1.807, 2.05) is 0 Å². The minimum atomic E-state index is -1.12. The molecular weight excluding hydrogens is 238 g/mol. The predicted octanol–water partition coefficient (Wildman–Crippen LogP) is 2.36. The van der Waals surface area contributed by atoms with Crippen molar-refractivity contribution in [2.45, 2.75) is 6.42 Å². The van der Waals surface area contributed by atoms with Gasteiger partial charge < -0.3 is 9.52 Å². The molecule has 1 heterocycles. The van der Waals surface area contributed by atoms with E-state index >= 15 is 0 Å². The molecule has 0 saturated heterocycles. The third kappa shape index (κ3) is 2.02. The number of rotatable bonds is 3. The lowest BCUT2D eigenvalue weighted by Crippen LogP contribution is -2.07. The monoisotopic (exact) mass is 245 g/mol. The van der Waals surface area contributed by atoms with Crippen molar-refractivity contribution in [1.29, 1.82) is 0 Å². The molecule has 0 amide bonds. The van der Waals surface area contributed by atoms with E-state index in [0.29, 0.717) is 5.39 Å². The van der Waals surface area contributed by atoms with Crippen LogP contribution in [0.2, 0.25) is 0 Å². The van der Waals surface area contributed by atoms with Crippen molar-refractivity contribution in [1.82, 2.24) is 0 Å². The summed E-state index contributed by atoms with van der Waals surface area (Å²) in [6, 6.07) is 6.48. The zero-order chi connectivity index (χ0) is 13.1. The Morgan fingerprint density at radius 3 is 2.83 bits per heavy atom. The number of carboxylic acids is 1. The highest BCUT2D eigenvalue weighted by molar-refractivity contribution is 5.88. The summed E-state index contributed by atoms with van der Waals surface area (Å²) in [4.78, 5) is 24.9. The van der Waals surface area contributed by atoms with Gasteiger partial charge in [0.25, 0.3) is 0 Å². The molecule has 7 nitrogen and oxygen atoms in total. The molecule has 7 heteroatoms. The zero-order valence-corrected chi connectivity index (χ0v) is 9.03. The standard InChI is InChI=1S/C11H7N3O4/c12-14-13-10-7(5-9(15)16)6-3-1-2-4-8(6)18-11(10)17/h1-4H,5H2,(H,15,16). The quantitative estimate of drug-likeness (QED) is 0.386. The van der Waals surface area contributed by atoms with Crippen LogP contribution in [-0.4, -0.2) is 11.1 Å². The number of benzene rings is 1. The Morgan fingerprint density at radius 1 is 1.44 bits per heavy atom.